The van der Waals surface area contributed by atoms with Crippen LogP contribution in [0.4, 0.5) is 10.8 Å². The summed E-state index contributed by atoms with van der Waals surface area (Å²) in [6.45, 7) is 4.54. The maximum absolute atomic E-state index is 11.5. The summed E-state index contributed by atoms with van der Waals surface area (Å²) >= 11 is 1.39. The van der Waals surface area contributed by atoms with Crippen molar-refractivity contribution >= 4 is 28.3 Å². The quantitative estimate of drug-likeness (QED) is 0.736. The van der Waals surface area contributed by atoms with E-state index in [1.807, 2.05) is 13.8 Å². The minimum Gasteiger partial charge on any atom is -0.383 e. The molecule has 18 heavy (non-hydrogen) atoms. The third-order valence-electron chi connectivity index (χ3n) is 2.83. The van der Waals surface area contributed by atoms with Crippen molar-refractivity contribution in [2.75, 3.05) is 17.6 Å². The number of nitrogens with one attached hydrogen (secondary N) is 2. The van der Waals surface area contributed by atoms with Crippen molar-refractivity contribution in [1.29, 1.82) is 0 Å². The average molecular weight is 268 g/mol. The molecule has 4 N–H and O–H groups in total. The van der Waals surface area contributed by atoms with Crippen molar-refractivity contribution in [1.82, 2.24) is 9.69 Å². The Morgan fingerprint density at radius 2 is 2.28 bits per heavy atom. The van der Waals surface area contributed by atoms with Crippen LogP contribution in [0.15, 0.2) is 0 Å². The summed E-state index contributed by atoms with van der Waals surface area (Å²) in [6.07, 6.45) is 2.87. The molecule has 6 heteroatoms. The van der Waals surface area contributed by atoms with Gasteiger partial charge in [0.2, 0.25) is 5.91 Å². The van der Waals surface area contributed by atoms with Crippen LogP contribution >= 0.6 is 11.5 Å². The molecule has 1 aliphatic carbocycles. The highest BCUT2D eigenvalue weighted by molar-refractivity contribution is 7.10. The molecular formula is C12H20N4OS. The van der Waals surface area contributed by atoms with E-state index in [2.05, 4.69) is 15.0 Å². The van der Waals surface area contributed by atoms with Gasteiger partial charge in [0.05, 0.1) is 0 Å². The molecule has 5 nitrogen and oxygen atoms in total. The Morgan fingerprint density at radius 1 is 1.56 bits per heavy atom. The first kappa shape index (κ1) is 13.1. The minimum absolute atomic E-state index is 0.0722. The molecule has 0 aliphatic heterocycles. The summed E-state index contributed by atoms with van der Waals surface area (Å²) < 4.78 is 4.18. The van der Waals surface area contributed by atoms with E-state index >= 15 is 0 Å². The number of nitrogens with zero attached hydrogens (tertiary/aromatic N) is 1. The monoisotopic (exact) mass is 268 g/mol. The molecule has 1 amide bonds. The van der Waals surface area contributed by atoms with Crippen LogP contribution in [-0.4, -0.2) is 22.9 Å². The molecule has 0 bridgehead atoms. The zero-order valence-electron chi connectivity index (χ0n) is 10.8. The van der Waals surface area contributed by atoms with E-state index in [0.29, 0.717) is 24.7 Å². The van der Waals surface area contributed by atoms with E-state index in [9.17, 15) is 4.79 Å². The third kappa shape index (κ3) is 3.35. The molecular weight excluding hydrogens is 248 g/mol. The molecule has 1 fully saturated rings. The van der Waals surface area contributed by atoms with Crippen LogP contribution in [0.25, 0.3) is 0 Å². The van der Waals surface area contributed by atoms with Gasteiger partial charge in [-0.25, -0.2) is 0 Å². The lowest BCUT2D eigenvalue weighted by molar-refractivity contribution is -0.121. The van der Waals surface area contributed by atoms with Crippen molar-refractivity contribution in [2.24, 2.45) is 0 Å². The van der Waals surface area contributed by atoms with E-state index in [4.69, 9.17) is 5.73 Å². The Kier molecular flexibility index (Phi) is 4.06. The lowest BCUT2D eigenvalue weighted by Crippen LogP contribution is -2.31. The second-order valence-corrected chi connectivity index (χ2v) is 5.76. The standard InChI is InChI=1S/C12H20N4OS/c1-7(2)15-9(17)5-6-14-12-10(8-3-4-8)11(13)16-18-12/h7-8,14H,3-6H2,1-2H3,(H2,13,16)(H,15,17). The molecule has 1 aromatic rings. The Labute approximate surface area is 111 Å². The summed E-state index contributed by atoms with van der Waals surface area (Å²) in [7, 11) is 0. The number of hydrogen-bond donors (Lipinski definition) is 3. The van der Waals surface area contributed by atoms with Gasteiger partial charge in [0.15, 0.2) is 0 Å². The van der Waals surface area contributed by atoms with Gasteiger partial charge in [0, 0.05) is 24.6 Å². The van der Waals surface area contributed by atoms with Gasteiger partial charge in [-0.05, 0) is 44.1 Å². The molecule has 1 aliphatic rings. The lowest BCUT2D eigenvalue weighted by atomic mass is 10.2. The lowest BCUT2D eigenvalue weighted by Gasteiger charge is -2.09. The van der Waals surface area contributed by atoms with E-state index in [0.717, 1.165) is 10.6 Å². The minimum atomic E-state index is 0.0722. The fourth-order valence-corrected chi connectivity index (χ4v) is 2.71. The van der Waals surface area contributed by atoms with Gasteiger partial charge in [-0.15, -0.1) is 0 Å². The van der Waals surface area contributed by atoms with Crippen molar-refractivity contribution < 1.29 is 4.79 Å². The van der Waals surface area contributed by atoms with Gasteiger partial charge in [0.25, 0.3) is 0 Å². The molecule has 2 rings (SSSR count). The van der Waals surface area contributed by atoms with E-state index < -0.39 is 0 Å². The number of nitrogens with two attached hydrogens (primary N) is 1. The topological polar surface area (TPSA) is 80.0 Å². The molecule has 0 spiro atoms. The number of hydrogen-bond acceptors (Lipinski definition) is 5. The SMILES string of the molecule is CC(C)NC(=O)CCNc1snc(N)c1C1CC1. The van der Waals surface area contributed by atoms with Crippen molar-refractivity contribution in [3.63, 3.8) is 0 Å². The van der Waals surface area contributed by atoms with E-state index in [1.165, 1.54) is 24.4 Å². The van der Waals surface area contributed by atoms with Crippen LogP contribution in [0, 0.1) is 0 Å². The Balaban J connectivity index is 1.81. The van der Waals surface area contributed by atoms with Crippen molar-refractivity contribution in [3.8, 4) is 0 Å². The van der Waals surface area contributed by atoms with Gasteiger partial charge in [0.1, 0.15) is 10.8 Å². The summed E-state index contributed by atoms with van der Waals surface area (Å²) in [5, 5.41) is 7.18. The Hall–Kier alpha value is -1.30. The highest BCUT2D eigenvalue weighted by Crippen LogP contribution is 2.47. The Morgan fingerprint density at radius 3 is 2.89 bits per heavy atom. The first-order valence-corrected chi connectivity index (χ1v) is 7.13. The molecule has 100 valence electrons. The van der Waals surface area contributed by atoms with Crippen LogP contribution in [0.1, 0.15) is 44.6 Å². The predicted molar refractivity (Wildman–Crippen MR) is 74.9 cm³/mol. The summed E-state index contributed by atoms with van der Waals surface area (Å²) in [5.41, 5.74) is 7.02. The molecule has 0 radical (unpaired) electrons. The number of nitrogen functional groups attached to an aromatic ring is 1. The molecule has 0 atom stereocenters. The largest absolute Gasteiger partial charge is 0.383 e. The maximum atomic E-state index is 11.5. The van der Waals surface area contributed by atoms with Crippen molar-refractivity contribution in [3.05, 3.63) is 5.56 Å². The van der Waals surface area contributed by atoms with Gasteiger partial charge >= 0.3 is 0 Å². The van der Waals surface area contributed by atoms with E-state index in [1.54, 1.807) is 0 Å². The fraction of sp³-hybridized carbons (Fsp3) is 0.667. The number of aromatic nitrogens is 1. The molecule has 1 aromatic heterocycles. The smallest absolute Gasteiger partial charge is 0.221 e. The van der Waals surface area contributed by atoms with Crippen LogP contribution < -0.4 is 16.4 Å². The molecule has 0 unspecified atom stereocenters. The highest BCUT2D eigenvalue weighted by Gasteiger charge is 2.30. The van der Waals surface area contributed by atoms with Crippen LogP contribution in [0.2, 0.25) is 0 Å². The van der Waals surface area contributed by atoms with Gasteiger partial charge in [-0.3, -0.25) is 4.79 Å². The van der Waals surface area contributed by atoms with Gasteiger partial charge in [-0.2, -0.15) is 4.37 Å². The molecule has 1 saturated carbocycles. The number of rotatable bonds is 6. The zero-order valence-corrected chi connectivity index (χ0v) is 11.6. The summed E-state index contributed by atoms with van der Waals surface area (Å²) in [6, 6.07) is 0.193. The van der Waals surface area contributed by atoms with Crippen LogP contribution in [0.5, 0.6) is 0 Å². The third-order valence-corrected chi connectivity index (χ3v) is 3.66. The second kappa shape index (κ2) is 5.56. The number of carbonyl (C=O) groups is 1. The number of amides is 1. The maximum Gasteiger partial charge on any atom is 0.221 e. The second-order valence-electron chi connectivity index (χ2n) is 4.98. The highest BCUT2D eigenvalue weighted by atomic mass is 32.1. The Bertz CT molecular complexity index is 426. The zero-order chi connectivity index (χ0) is 13.1. The number of carbonyl (C=O) groups excluding carboxylic acids is 1. The fourth-order valence-electron chi connectivity index (χ4n) is 1.89. The number of anilines is 2. The molecule has 1 heterocycles. The molecule has 0 aromatic carbocycles. The van der Waals surface area contributed by atoms with Gasteiger partial charge < -0.3 is 16.4 Å². The van der Waals surface area contributed by atoms with Crippen LogP contribution in [0.3, 0.4) is 0 Å². The summed E-state index contributed by atoms with van der Waals surface area (Å²) in [4.78, 5) is 11.5. The van der Waals surface area contributed by atoms with Crippen LogP contribution in [-0.2, 0) is 4.79 Å². The normalized spacial score (nSPS) is 14.8. The first-order chi connectivity index (χ1) is 8.58. The average Bonchev–Trinajstić information content (AvgIpc) is 3.03. The molecule has 0 saturated heterocycles. The predicted octanol–water partition coefficient (Wildman–Crippen LogP) is 1.93. The van der Waals surface area contributed by atoms with E-state index in [-0.39, 0.29) is 11.9 Å². The first-order valence-electron chi connectivity index (χ1n) is 6.36. The summed E-state index contributed by atoms with van der Waals surface area (Å²) in [5.74, 6) is 1.30. The van der Waals surface area contributed by atoms with Gasteiger partial charge in [-0.1, -0.05) is 0 Å². The van der Waals surface area contributed by atoms with Crippen molar-refractivity contribution in [2.45, 2.75) is 45.1 Å².